The van der Waals surface area contributed by atoms with Crippen molar-refractivity contribution in [2.24, 2.45) is 19.8 Å². The van der Waals surface area contributed by atoms with E-state index < -0.39 is 0 Å². The second-order valence-electron chi connectivity index (χ2n) is 3.76. The molecule has 0 amide bonds. The van der Waals surface area contributed by atoms with E-state index in [0.717, 1.165) is 17.8 Å². The van der Waals surface area contributed by atoms with Gasteiger partial charge in [-0.2, -0.15) is 5.10 Å². The van der Waals surface area contributed by atoms with Crippen LogP contribution in [0.4, 0.5) is 0 Å². The minimum atomic E-state index is -0.0823. The highest BCUT2D eigenvalue weighted by atomic mass is 15.2. The van der Waals surface area contributed by atoms with Gasteiger partial charge in [-0.1, -0.05) is 0 Å². The van der Waals surface area contributed by atoms with Crippen LogP contribution in [0.15, 0.2) is 24.8 Å². The van der Waals surface area contributed by atoms with Gasteiger partial charge in [0.25, 0.3) is 0 Å². The van der Waals surface area contributed by atoms with Crippen LogP contribution in [-0.2, 0) is 20.5 Å². The summed E-state index contributed by atoms with van der Waals surface area (Å²) in [5.41, 5.74) is 7.93. The number of hydrogen-bond donors (Lipinski definition) is 1. The third-order valence-electron chi connectivity index (χ3n) is 2.30. The lowest BCUT2D eigenvalue weighted by Gasteiger charge is -2.05. The molecule has 15 heavy (non-hydrogen) atoms. The maximum absolute atomic E-state index is 6.02. The van der Waals surface area contributed by atoms with Crippen molar-refractivity contribution in [2.75, 3.05) is 0 Å². The zero-order valence-corrected chi connectivity index (χ0v) is 8.96. The van der Waals surface area contributed by atoms with Crippen LogP contribution in [0.5, 0.6) is 0 Å². The molecule has 0 spiro atoms. The molecule has 80 valence electrons. The normalized spacial score (nSPS) is 13.0. The quantitative estimate of drug-likeness (QED) is 0.788. The first-order valence-corrected chi connectivity index (χ1v) is 4.87. The van der Waals surface area contributed by atoms with Crippen molar-refractivity contribution in [3.63, 3.8) is 0 Å². The Morgan fingerprint density at radius 1 is 1.47 bits per heavy atom. The summed E-state index contributed by atoms with van der Waals surface area (Å²) in [5, 5.41) is 4.29. The van der Waals surface area contributed by atoms with Gasteiger partial charge in [-0.25, -0.2) is 4.98 Å². The van der Waals surface area contributed by atoms with Gasteiger partial charge < -0.3 is 10.3 Å². The van der Waals surface area contributed by atoms with Crippen LogP contribution in [0.2, 0.25) is 0 Å². The van der Waals surface area contributed by atoms with E-state index in [2.05, 4.69) is 10.1 Å². The molecule has 0 aliphatic rings. The van der Waals surface area contributed by atoms with Gasteiger partial charge in [-0.05, 0) is 6.07 Å². The Morgan fingerprint density at radius 2 is 2.27 bits per heavy atom. The van der Waals surface area contributed by atoms with Crippen LogP contribution in [0.1, 0.15) is 17.4 Å². The molecule has 0 saturated heterocycles. The van der Waals surface area contributed by atoms with E-state index in [9.17, 15) is 0 Å². The van der Waals surface area contributed by atoms with E-state index >= 15 is 0 Å². The van der Waals surface area contributed by atoms with Crippen LogP contribution in [-0.4, -0.2) is 19.3 Å². The average Bonchev–Trinajstić information content (AvgIpc) is 2.75. The maximum Gasteiger partial charge on any atom is 0.0947 e. The van der Waals surface area contributed by atoms with E-state index in [1.165, 1.54) is 0 Å². The highest BCUT2D eigenvalue weighted by Gasteiger charge is 2.10. The molecule has 5 nitrogen and oxygen atoms in total. The lowest BCUT2D eigenvalue weighted by atomic mass is 10.1. The Hall–Kier alpha value is -1.62. The molecule has 2 N–H and O–H groups in total. The number of aromatic nitrogens is 4. The van der Waals surface area contributed by atoms with E-state index in [1.807, 2.05) is 37.1 Å². The van der Waals surface area contributed by atoms with Crippen molar-refractivity contribution in [3.05, 3.63) is 36.2 Å². The van der Waals surface area contributed by atoms with Crippen LogP contribution < -0.4 is 5.73 Å². The summed E-state index contributed by atoms with van der Waals surface area (Å²) in [7, 11) is 3.83. The summed E-state index contributed by atoms with van der Waals surface area (Å²) >= 11 is 0. The second kappa shape index (κ2) is 3.86. The van der Waals surface area contributed by atoms with Crippen LogP contribution in [0, 0.1) is 0 Å². The molecule has 0 aromatic carbocycles. The third kappa shape index (κ3) is 2.24. The van der Waals surface area contributed by atoms with Crippen molar-refractivity contribution >= 4 is 0 Å². The standard InChI is InChI=1S/C10H15N5/c1-14-6-10(12-7-14)9(11)5-8-3-4-15(2)13-8/h3-4,6-7,9H,5,11H2,1-2H3. The topological polar surface area (TPSA) is 61.7 Å². The number of imidazole rings is 1. The Bertz CT molecular complexity index is 442. The van der Waals surface area contributed by atoms with Gasteiger partial charge in [0.2, 0.25) is 0 Å². The lowest BCUT2D eigenvalue weighted by molar-refractivity contribution is 0.662. The molecule has 2 aromatic rings. The molecule has 0 saturated carbocycles. The van der Waals surface area contributed by atoms with Gasteiger partial charge in [0.15, 0.2) is 0 Å². The van der Waals surface area contributed by atoms with Crippen molar-refractivity contribution in [3.8, 4) is 0 Å². The fourth-order valence-electron chi connectivity index (χ4n) is 1.53. The summed E-state index contributed by atoms with van der Waals surface area (Å²) in [4.78, 5) is 4.22. The Labute approximate surface area is 88.5 Å². The largest absolute Gasteiger partial charge is 0.340 e. The summed E-state index contributed by atoms with van der Waals surface area (Å²) < 4.78 is 3.67. The van der Waals surface area contributed by atoms with Gasteiger partial charge in [0.1, 0.15) is 0 Å². The number of aryl methyl sites for hydroxylation is 2. The van der Waals surface area contributed by atoms with Gasteiger partial charge in [0.05, 0.1) is 23.8 Å². The Morgan fingerprint density at radius 3 is 2.80 bits per heavy atom. The Kier molecular flexibility index (Phi) is 2.55. The molecule has 1 unspecified atom stereocenters. The van der Waals surface area contributed by atoms with Crippen molar-refractivity contribution < 1.29 is 0 Å². The van der Waals surface area contributed by atoms with Crippen molar-refractivity contribution in [1.29, 1.82) is 0 Å². The zero-order valence-electron chi connectivity index (χ0n) is 8.96. The molecule has 5 heteroatoms. The molecule has 2 aromatic heterocycles. The summed E-state index contributed by atoms with van der Waals surface area (Å²) in [6.45, 7) is 0. The smallest absolute Gasteiger partial charge is 0.0947 e. The van der Waals surface area contributed by atoms with Gasteiger partial charge in [0, 0.05) is 32.9 Å². The number of rotatable bonds is 3. The molecule has 0 aliphatic carbocycles. The zero-order chi connectivity index (χ0) is 10.8. The highest BCUT2D eigenvalue weighted by molar-refractivity contribution is 5.09. The molecular weight excluding hydrogens is 190 g/mol. The number of nitrogens with two attached hydrogens (primary N) is 1. The predicted molar refractivity (Wildman–Crippen MR) is 57.0 cm³/mol. The van der Waals surface area contributed by atoms with Crippen LogP contribution in [0.3, 0.4) is 0 Å². The number of nitrogens with zero attached hydrogens (tertiary/aromatic N) is 4. The molecule has 0 bridgehead atoms. The third-order valence-corrected chi connectivity index (χ3v) is 2.30. The summed E-state index contributed by atoms with van der Waals surface area (Å²) in [5.74, 6) is 0. The van der Waals surface area contributed by atoms with E-state index in [4.69, 9.17) is 5.73 Å². The molecule has 0 aliphatic heterocycles. The average molecular weight is 205 g/mol. The van der Waals surface area contributed by atoms with Gasteiger partial charge in [-0.15, -0.1) is 0 Å². The van der Waals surface area contributed by atoms with Gasteiger partial charge >= 0.3 is 0 Å². The first-order valence-electron chi connectivity index (χ1n) is 4.87. The lowest BCUT2D eigenvalue weighted by Crippen LogP contribution is -2.14. The SMILES string of the molecule is Cn1cnc(C(N)Cc2ccn(C)n2)c1. The molecule has 2 rings (SSSR count). The fraction of sp³-hybridized carbons (Fsp3) is 0.400. The monoisotopic (exact) mass is 205 g/mol. The molecule has 1 atom stereocenters. The molecular formula is C10H15N5. The minimum Gasteiger partial charge on any atom is -0.340 e. The molecule has 2 heterocycles. The van der Waals surface area contributed by atoms with Crippen molar-refractivity contribution in [2.45, 2.75) is 12.5 Å². The van der Waals surface area contributed by atoms with E-state index in [0.29, 0.717) is 0 Å². The van der Waals surface area contributed by atoms with E-state index in [-0.39, 0.29) is 6.04 Å². The molecule has 0 radical (unpaired) electrons. The molecule has 0 fully saturated rings. The highest BCUT2D eigenvalue weighted by Crippen LogP contribution is 2.12. The fourth-order valence-corrected chi connectivity index (χ4v) is 1.53. The van der Waals surface area contributed by atoms with Crippen LogP contribution >= 0.6 is 0 Å². The maximum atomic E-state index is 6.02. The second-order valence-corrected chi connectivity index (χ2v) is 3.76. The summed E-state index contributed by atoms with van der Waals surface area (Å²) in [6.07, 6.45) is 6.33. The van der Waals surface area contributed by atoms with Gasteiger partial charge in [-0.3, -0.25) is 4.68 Å². The van der Waals surface area contributed by atoms with E-state index in [1.54, 1.807) is 11.0 Å². The van der Waals surface area contributed by atoms with Crippen molar-refractivity contribution in [1.82, 2.24) is 19.3 Å². The summed E-state index contributed by atoms with van der Waals surface area (Å²) in [6, 6.07) is 1.89. The minimum absolute atomic E-state index is 0.0823. The number of hydrogen-bond acceptors (Lipinski definition) is 3. The Balaban J connectivity index is 2.06. The first kappa shape index (κ1) is 9.92. The predicted octanol–water partition coefficient (Wildman–Crippen LogP) is 0.396. The van der Waals surface area contributed by atoms with Crippen LogP contribution in [0.25, 0.3) is 0 Å². The first-order chi connectivity index (χ1) is 7.15.